The van der Waals surface area contributed by atoms with Gasteiger partial charge in [0.1, 0.15) is 17.3 Å². The number of carbonyl (C=O) groups excluding carboxylic acids is 3. The number of carbonyl (C=O) groups is 3. The monoisotopic (exact) mass is 521 g/mol. The van der Waals surface area contributed by atoms with Gasteiger partial charge in [0.05, 0.1) is 44.4 Å². The van der Waals surface area contributed by atoms with Gasteiger partial charge in [0.15, 0.2) is 0 Å². The molecule has 9 heteroatoms. The van der Waals surface area contributed by atoms with E-state index in [0.717, 1.165) is 0 Å². The van der Waals surface area contributed by atoms with Crippen LogP contribution in [-0.4, -0.2) is 44.1 Å². The van der Waals surface area contributed by atoms with Crippen LogP contribution in [0.2, 0.25) is 5.02 Å². The molecule has 1 unspecified atom stereocenters. The van der Waals surface area contributed by atoms with Crippen LogP contribution in [-0.2, 0) is 25.5 Å². The SMILES string of the molecule is COC(=O)Cc1ccc(N2C(=O)C(=O)/C(=C(/O)c3cc(OC)ccc3Cl)C2c2ccc(OC)cc2)cc1. The van der Waals surface area contributed by atoms with Crippen LogP contribution in [0.4, 0.5) is 5.69 Å². The number of rotatable bonds is 7. The number of amides is 1. The van der Waals surface area contributed by atoms with Crippen molar-refractivity contribution >= 4 is 40.7 Å². The molecular weight excluding hydrogens is 498 g/mol. The minimum absolute atomic E-state index is 0.0614. The lowest BCUT2D eigenvalue weighted by Crippen LogP contribution is -2.29. The number of ether oxygens (including phenoxy) is 3. The lowest BCUT2D eigenvalue weighted by Gasteiger charge is -2.26. The Labute approximate surface area is 218 Å². The average Bonchev–Trinajstić information content (AvgIpc) is 3.19. The summed E-state index contributed by atoms with van der Waals surface area (Å²) < 4.78 is 15.2. The van der Waals surface area contributed by atoms with Crippen LogP contribution in [0.3, 0.4) is 0 Å². The van der Waals surface area contributed by atoms with E-state index in [0.29, 0.717) is 28.3 Å². The molecule has 1 fully saturated rings. The fourth-order valence-electron chi connectivity index (χ4n) is 4.17. The Kier molecular flexibility index (Phi) is 7.50. The first-order chi connectivity index (χ1) is 17.8. The largest absolute Gasteiger partial charge is 0.507 e. The van der Waals surface area contributed by atoms with E-state index < -0.39 is 29.5 Å². The number of nitrogens with zero attached hydrogens (tertiary/aromatic N) is 1. The van der Waals surface area contributed by atoms with Crippen LogP contribution in [0.5, 0.6) is 11.5 Å². The average molecular weight is 522 g/mol. The number of benzene rings is 3. The van der Waals surface area contributed by atoms with Gasteiger partial charge in [0.25, 0.3) is 11.7 Å². The van der Waals surface area contributed by atoms with Gasteiger partial charge in [-0.15, -0.1) is 0 Å². The number of aliphatic hydroxyl groups is 1. The molecule has 8 nitrogen and oxygen atoms in total. The van der Waals surface area contributed by atoms with Crippen LogP contribution < -0.4 is 14.4 Å². The van der Waals surface area contributed by atoms with Crippen LogP contribution in [0, 0.1) is 0 Å². The highest BCUT2D eigenvalue weighted by Crippen LogP contribution is 2.43. The second-order valence-electron chi connectivity index (χ2n) is 8.21. The summed E-state index contributed by atoms with van der Waals surface area (Å²) in [6.45, 7) is 0. The summed E-state index contributed by atoms with van der Waals surface area (Å²) in [6.07, 6.45) is 0.0614. The quantitative estimate of drug-likeness (QED) is 0.208. The summed E-state index contributed by atoms with van der Waals surface area (Å²) in [5, 5.41) is 11.5. The van der Waals surface area contributed by atoms with Gasteiger partial charge in [-0.3, -0.25) is 19.3 Å². The van der Waals surface area contributed by atoms with Crippen LogP contribution in [0.15, 0.2) is 72.3 Å². The third kappa shape index (κ3) is 5.01. The summed E-state index contributed by atoms with van der Waals surface area (Å²) in [7, 11) is 4.30. The van der Waals surface area contributed by atoms with E-state index in [1.807, 2.05) is 0 Å². The molecule has 1 N–H and O–H groups in total. The van der Waals surface area contributed by atoms with Gasteiger partial charge < -0.3 is 19.3 Å². The number of hydrogen-bond donors (Lipinski definition) is 1. The van der Waals surface area contributed by atoms with Crippen molar-refractivity contribution in [3.8, 4) is 11.5 Å². The molecule has 1 aliphatic heterocycles. The molecule has 1 amide bonds. The highest BCUT2D eigenvalue weighted by molar-refractivity contribution is 6.52. The molecule has 0 aromatic heterocycles. The van der Waals surface area contributed by atoms with Crippen LogP contribution in [0.25, 0.3) is 5.76 Å². The molecule has 0 radical (unpaired) electrons. The van der Waals surface area contributed by atoms with Crippen molar-refractivity contribution in [1.29, 1.82) is 0 Å². The van der Waals surface area contributed by atoms with Gasteiger partial charge in [-0.05, 0) is 53.6 Å². The van der Waals surface area contributed by atoms with Gasteiger partial charge in [-0.1, -0.05) is 35.9 Å². The van der Waals surface area contributed by atoms with Gasteiger partial charge >= 0.3 is 5.97 Å². The Balaban J connectivity index is 1.88. The van der Waals surface area contributed by atoms with Gasteiger partial charge in [0.2, 0.25) is 0 Å². The lowest BCUT2D eigenvalue weighted by atomic mass is 9.95. The fourth-order valence-corrected chi connectivity index (χ4v) is 4.38. The zero-order valence-electron chi connectivity index (χ0n) is 20.4. The van der Waals surface area contributed by atoms with E-state index in [9.17, 15) is 19.5 Å². The molecule has 1 heterocycles. The second-order valence-corrected chi connectivity index (χ2v) is 8.61. The molecule has 1 aliphatic rings. The maximum absolute atomic E-state index is 13.4. The molecule has 37 heavy (non-hydrogen) atoms. The number of ketones is 1. The first kappa shape index (κ1) is 25.8. The number of anilines is 1. The molecule has 0 saturated carbocycles. The molecule has 190 valence electrons. The first-order valence-corrected chi connectivity index (χ1v) is 11.6. The molecule has 0 bridgehead atoms. The summed E-state index contributed by atoms with van der Waals surface area (Å²) in [5.41, 5.74) is 1.69. The van der Waals surface area contributed by atoms with Crippen molar-refractivity contribution in [3.05, 3.63) is 94.0 Å². The first-order valence-electron chi connectivity index (χ1n) is 11.2. The van der Waals surface area contributed by atoms with Gasteiger partial charge in [0, 0.05) is 11.3 Å². The third-order valence-electron chi connectivity index (χ3n) is 6.10. The van der Waals surface area contributed by atoms with E-state index in [1.54, 1.807) is 54.6 Å². The van der Waals surface area contributed by atoms with Crippen molar-refractivity contribution < 1.29 is 33.7 Å². The topological polar surface area (TPSA) is 102 Å². The van der Waals surface area contributed by atoms with Gasteiger partial charge in [-0.2, -0.15) is 0 Å². The van der Waals surface area contributed by atoms with Crippen molar-refractivity contribution in [2.24, 2.45) is 0 Å². The number of aliphatic hydroxyl groups excluding tert-OH is 1. The van der Waals surface area contributed by atoms with E-state index in [-0.39, 0.29) is 22.6 Å². The number of halogens is 1. The summed E-state index contributed by atoms with van der Waals surface area (Å²) in [6, 6.07) is 17.2. The smallest absolute Gasteiger partial charge is 0.309 e. The Hall–Kier alpha value is -4.30. The van der Waals surface area contributed by atoms with E-state index in [4.69, 9.17) is 25.8 Å². The molecular formula is C28H24ClNO7. The zero-order valence-corrected chi connectivity index (χ0v) is 21.1. The third-order valence-corrected chi connectivity index (χ3v) is 6.42. The van der Waals surface area contributed by atoms with Crippen LogP contribution in [0.1, 0.15) is 22.7 Å². The van der Waals surface area contributed by atoms with Crippen molar-refractivity contribution in [3.63, 3.8) is 0 Å². The molecule has 0 aliphatic carbocycles. The molecule has 4 rings (SSSR count). The molecule has 3 aromatic carbocycles. The molecule has 1 saturated heterocycles. The number of Topliss-reactive ketones (excluding diaryl/α,β-unsaturated/α-hetero) is 1. The lowest BCUT2D eigenvalue weighted by molar-refractivity contribution is -0.139. The highest BCUT2D eigenvalue weighted by Gasteiger charge is 2.47. The van der Waals surface area contributed by atoms with E-state index in [1.165, 1.54) is 38.4 Å². The zero-order chi connectivity index (χ0) is 26.7. The maximum atomic E-state index is 13.4. The van der Waals surface area contributed by atoms with Crippen molar-refractivity contribution in [2.75, 3.05) is 26.2 Å². The molecule has 0 spiro atoms. The van der Waals surface area contributed by atoms with Crippen molar-refractivity contribution in [1.82, 2.24) is 0 Å². The minimum atomic E-state index is -0.959. The van der Waals surface area contributed by atoms with E-state index >= 15 is 0 Å². The Morgan fingerprint density at radius 2 is 1.54 bits per heavy atom. The maximum Gasteiger partial charge on any atom is 0.309 e. The predicted octanol–water partition coefficient (Wildman–Crippen LogP) is 4.70. The van der Waals surface area contributed by atoms with Crippen molar-refractivity contribution in [2.45, 2.75) is 12.5 Å². The number of methoxy groups -OCH3 is 3. The van der Waals surface area contributed by atoms with E-state index in [2.05, 4.69) is 0 Å². The summed E-state index contributed by atoms with van der Waals surface area (Å²) >= 11 is 6.35. The second kappa shape index (κ2) is 10.8. The molecule has 3 aromatic rings. The van der Waals surface area contributed by atoms with Crippen LogP contribution >= 0.6 is 11.6 Å². The summed E-state index contributed by atoms with van der Waals surface area (Å²) in [5.74, 6) is -1.50. The number of hydrogen-bond acceptors (Lipinski definition) is 7. The Morgan fingerprint density at radius 3 is 2.14 bits per heavy atom. The standard InChI is InChI=1S/C28H24ClNO7/c1-35-19-10-6-17(7-11-19)25-24(26(32)21-15-20(36-2)12-13-22(21)29)27(33)28(34)30(25)18-8-4-16(5-9-18)14-23(31)37-3/h4-13,15,25,32H,14H2,1-3H3/b26-24+. The number of esters is 1. The minimum Gasteiger partial charge on any atom is -0.507 e. The predicted molar refractivity (Wildman–Crippen MR) is 138 cm³/mol. The Morgan fingerprint density at radius 1 is 0.919 bits per heavy atom. The molecule has 1 atom stereocenters. The fraction of sp³-hybridized carbons (Fsp3) is 0.179. The highest BCUT2D eigenvalue weighted by atomic mass is 35.5. The summed E-state index contributed by atoms with van der Waals surface area (Å²) in [4.78, 5) is 39.7. The normalized spacial score (nSPS) is 16.5. The Bertz CT molecular complexity index is 1380. The van der Waals surface area contributed by atoms with Gasteiger partial charge in [-0.25, -0.2) is 0 Å².